The largest absolute Gasteiger partial charge is 0.416 e. The van der Waals surface area contributed by atoms with Gasteiger partial charge in [-0.15, -0.1) is 0 Å². The fourth-order valence-corrected chi connectivity index (χ4v) is 2.34. The van der Waals surface area contributed by atoms with Crippen molar-refractivity contribution in [2.45, 2.75) is 31.5 Å². The number of carbonyl (C=O) groups excluding carboxylic acids is 1. The molecule has 0 heterocycles. The molecule has 0 radical (unpaired) electrons. The highest BCUT2D eigenvalue weighted by molar-refractivity contribution is 5.75. The van der Waals surface area contributed by atoms with Crippen molar-refractivity contribution in [1.29, 1.82) is 0 Å². The fourth-order valence-electron chi connectivity index (χ4n) is 2.34. The van der Waals surface area contributed by atoms with Gasteiger partial charge >= 0.3 is 12.2 Å². The number of nitrogens with one attached hydrogen (secondary N) is 2. The molecule has 7 heteroatoms. The first kappa shape index (κ1) is 18.1. The van der Waals surface area contributed by atoms with Crippen LogP contribution in [0, 0.1) is 17.8 Å². The first-order valence-corrected chi connectivity index (χ1v) is 7.57. The van der Waals surface area contributed by atoms with Crippen LogP contribution in [0.1, 0.15) is 30.9 Å². The molecule has 2 rings (SSSR count). The van der Waals surface area contributed by atoms with Crippen LogP contribution in [0.15, 0.2) is 24.3 Å². The van der Waals surface area contributed by atoms with E-state index in [1.54, 1.807) is 6.92 Å². The van der Waals surface area contributed by atoms with Crippen molar-refractivity contribution in [3.8, 4) is 11.8 Å². The molecule has 3 N–H and O–H groups in total. The van der Waals surface area contributed by atoms with Gasteiger partial charge in [0.1, 0.15) is 0 Å². The van der Waals surface area contributed by atoms with Crippen LogP contribution in [0.4, 0.5) is 18.0 Å². The van der Waals surface area contributed by atoms with Crippen LogP contribution in [-0.2, 0) is 6.18 Å². The van der Waals surface area contributed by atoms with E-state index in [1.165, 1.54) is 12.1 Å². The number of amides is 2. The van der Waals surface area contributed by atoms with Gasteiger partial charge in [-0.25, -0.2) is 4.79 Å². The Balaban J connectivity index is 1.86. The summed E-state index contributed by atoms with van der Waals surface area (Å²) in [5, 5.41) is 14.6. The number of halogens is 3. The number of rotatable bonds is 4. The van der Waals surface area contributed by atoms with Gasteiger partial charge in [-0.3, -0.25) is 0 Å². The number of hydrogen-bond donors (Lipinski definition) is 3. The first-order chi connectivity index (χ1) is 11.2. The highest BCUT2D eigenvalue weighted by Crippen LogP contribution is 2.39. The number of aliphatic hydroxyl groups is 1. The topological polar surface area (TPSA) is 61.4 Å². The zero-order valence-corrected chi connectivity index (χ0v) is 13.2. The number of alkyl halides is 3. The minimum atomic E-state index is -4.41. The Bertz CT molecular complexity index is 660. The fraction of sp³-hybridized carbons (Fsp3) is 0.471. The molecule has 0 bridgehead atoms. The quantitative estimate of drug-likeness (QED) is 0.738. The van der Waals surface area contributed by atoms with E-state index in [-0.39, 0.29) is 24.6 Å². The minimum Gasteiger partial charge on any atom is -0.394 e. The van der Waals surface area contributed by atoms with E-state index in [4.69, 9.17) is 0 Å². The predicted molar refractivity (Wildman–Crippen MR) is 83.1 cm³/mol. The lowest BCUT2D eigenvalue weighted by Crippen LogP contribution is -2.54. The van der Waals surface area contributed by atoms with E-state index in [1.807, 2.05) is 0 Å². The zero-order valence-electron chi connectivity index (χ0n) is 13.2. The Kier molecular flexibility index (Phi) is 5.40. The van der Waals surface area contributed by atoms with Crippen molar-refractivity contribution in [1.82, 2.24) is 10.6 Å². The van der Waals surface area contributed by atoms with E-state index < -0.39 is 23.3 Å². The monoisotopic (exact) mass is 340 g/mol. The third kappa shape index (κ3) is 4.90. The lowest BCUT2D eigenvalue weighted by molar-refractivity contribution is -0.137. The highest BCUT2D eigenvalue weighted by Gasteiger charge is 2.42. The molecule has 1 aromatic carbocycles. The van der Waals surface area contributed by atoms with E-state index in [0.29, 0.717) is 0 Å². The number of hydrogen-bond acceptors (Lipinski definition) is 2. The molecule has 24 heavy (non-hydrogen) atoms. The van der Waals surface area contributed by atoms with E-state index >= 15 is 0 Å². The predicted octanol–water partition coefficient (Wildman–Crippen LogP) is 2.52. The van der Waals surface area contributed by atoms with Crippen LogP contribution in [0.5, 0.6) is 0 Å². The first-order valence-electron chi connectivity index (χ1n) is 7.57. The summed E-state index contributed by atoms with van der Waals surface area (Å²) in [7, 11) is 0. The van der Waals surface area contributed by atoms with Crippen molar-refractivity contribution in [2.75, 3.05) is 13.2 Å². The summed E-state index contributed by atoms with van der Waals surface area (Å²) in [4.78, 5) is 11.8. The molecule has 0 aromatic heterocycles. The summed E-state index contributed by atoms with van der Waals surface area (Å²) in [5.74, 6) is 5.46. The van der Waals surface area contributed by atoms with Crippen LogP contribution < -0.4 is 10.6 Å². The molecule has 1 aliphatic carbocycles. The summed E-state index contributed by atoms with van der Waals surface area (Å²) in [6, 6.07) is 4.23. The molecule has 0 saturated heterocycles. The number of urea groups is 1. The SMILES string of the molecule is CC(CO)(NC(=O)NCC#Cc1cccc(C(F)(F)F)c1)C1CC1. The van der Waals surface area contributed by atoms with Crippen LogP contribution in [0.25, 0.3) is 0 Å². The number of carbonyl (C=O) groups is 1. The van der Waals surface area contributed by atoms with E-state index in [2.05, 4.69) is 22.5 Å². The van der Waals surface area contributed by atoms with Crippen LogP contribution in [0.3, 0.4) is 0 Å². The number of benzene rings is 1. The molecular weight excluding hydrogens is 321 g/mol. The summed E-state index contributed by atoms with van der Waals surface area (Å²) in [6.07, 6.45) is -2.48. The molecule has 1 saturated carbocycles. The van der Waals surface area contributed by atoms with Crippen molar-refractivity contribution in [3.05, 3.63) is 35.4 Å². The molecule has 0 spiro atoms. The summed E-state index contributed by atoms with van der Waals surface area (Å²) < 4.78 is 37.8. The van der Waals surface area contributed by atoms with Gasteiger partial charge in [-0.1, -0.05) is 17.9 Å². The molecule has 1 fully saturated rings. The highest BCUT2D eigenvalue weighted by atomic mass is 19.4. The summed E-state index contributed by atoms with van der Waals surface area (Å²) in [6.45, 7) is 1.62. The van der Waals surface area contributed by atoms with Gasteiger partial charge in [0.25, 0.3) is 0 Å². The Morgan fingerprint density at radius 1 is 1.38 bits per heavy atom. The Morgan fingerprint density at radius 3 is 2.67 bits per heavy atom. The van der Waals surface area contributed by atoms with Crippen LogP contribution in [0.2, 0.25) is 0 Å². The molecular formula is C17H19F3N2O2. The van der Waals surface area contributed by atoms with Crippen LogP contribution >= 0.6 is 0 Å². The molecule has 1 aliphatic rings. The van der Waals surface area contributed by atoms with Crippen molar-refractivity contribution in [3.63, 3.8) is 0 Å². The second kappa shape index (κ2) is 7.14. The minimum absolute atomic E-state index is 0.00570. The maximum atomic E-state index is 12.6. The Morgan fingerprint density at radius 2 is 2.08 bits per heavy atom. The Labute approximate surface area is 138 Å². The molecule has 130 valence electrons. The average molecular weight is 340 g/mol. The van der Waals surface area contributed by atoms with Gasteiger partial charge < -0.3 is 15.7 Å². The van der Waals surface area contributed by atoms with Crippen molar-refractivity contribution in [2.24, 2.45) is 5.92 Å². The normalized spacial score (nSPS) is 16.5. The molecule has 4 nitrogen and oxygen atoms in total. The third-order valence-corrected chi connectivity index (χ3v) is 3.97. The lowest BCUT2D eigenvalue weighted by atomic mass is 9.97. The van der Waals surface area contributed by atoms with E-state index in [9.17, 15) is 23.1 Å². The third-order valence-electron chi connectivity index (χ3n) is 3.97. The molecule has 1 atom stereocenters. The zero-order chi connectivity index (χ0) is 17.8. The van der Waals surface area contributed by atoms with E-state index in [0.717, 1.165) is 25.0 Å². The maximum absolute atomic E-state index is 12.6. The molecule has 1 unspecified atom stereocenters. The van der Waals surface area contributed by atoms with Gasteiger partial charge in [0, 0.05) is 5.56 Å². The molecule has 2 amide bonds. The van der Waals surface area contributed by atoms with Gasteiger partial charge in [-0.05, 0) is 43.9 Å². The van der Waals surface area contributed by atoms with Crippen molar-refractivity contribution < 1.29 is 23.1 Å². The Hall–Kier alpha value is -2.20. The van der Waals surface area contributed by atoms with Crippen molar-refractivity contribution >= 4 is 6.03 Å². The summed E-state index contributed by atoms with van der Waals surface area (Å²) >= 11 is 0. The molecule has 0 aliphatic heterocycles. The van der Waals surface area contributed by atoms with Gasteiger partial charge in [0.15, 0.2) is 0 Å². The molecule has 1 aromatic rings. The maximum Gasteiger partial charge on any atom is 0.416 e. The summed E-state index contributed by atoms with van der Waals surface area (Å²) in [5.41, 5.74) is -1.19. The van der Waals surface area contributed by atoms with Gasteiger partial charge in [-0.2, -0.15) is 13.2 Å². The second-order valence-electron chi connectivity index (χ2n) is 6.04. The van der Waals surface area contributed by atoms with Gasteiger partial charge in [0.05, 0.1) is 24.3 Å². The number of aliphatic hydroxyl groups excluding tert-OH is 1. The van der Waals surface area contributed by atoms with Gasteiger partial charge in [0.2, 0.25) is 0 Å². The standard InChI is InChI=1S/C17H19F3N2O2/c1-16(11-23,13-7-8-13)22-15(24)21-9-3-5-12-4-2-6-14(10-12)17(18,19)20/h2,4,6,10,13,23H,7-9,11H2,1H3,(H2,21,22,24). The average Bonchev–Trinajstić information content (AvgIpc) is 3.36. The van der Waals surface area contributed by atoms with Crippen LogP contribution in [-0.4, -0.2) is 29.8 Å². The second-order valence-corrected chi connectivity index (χ2v) is 6.04. The lowest BCUT2D eigenvalue weighted by Gasteiger charge is -2.28. The smallest absolute Gasteiger partial charge is 0.394 e.